The number of carbonyl (C=O) groups is 1. The summed E-state index contributed by atoms with van der Waals surface area (Å²) in [6, 6.07) is 8.93. The van der Waals surface area contributed by atoms with Gasteiger partial charge in [0.15, 0.2) is 0 Å². The Bertz CT molecular complexity index is 337. The van der Waals surface area contributed by atoms with Crippen molar-refractivity contribution in [2.24, 2.45) is 0 Å². The summed E-state index contributed by atoms with van der Waals surface area (Å²) in [7, 11) is 0. The standard InChI is InChI=1S/C15H20O/c16-15-7-3-1-2-5-13-9-11-14(12-10-13)6-4-8-15/h9-12H,1-8H2. The second-order valence-corrected chi connectivity index (χ2v) is 4.77. The van der Waals surface area contributed by atoms with Gasteiger partial charge >= 0.3 is 0 Å². The highest BCUT2D eigenvalue weighted by atomic mass is 16.1. The molecule has 0 aromatic heterocycles. The molecule has 0 saturated heterocycles. The first-order chi connectivity index (χ1) is 7.84. The molecule has 0 amide bonds. The summed E-state index contributed by atoms with van der Waals surface area (Å²) in [5.41, 5.74) is 2.81. The Morgan fingerprint density at radius 2 is 1.12 bits per heavy atom. The van der Waals surface area contributed by atoms with Crippen molar-refractivity contribution in [3.8, 4) is 0 Å². The lowest BCUT2D eigenvalue weighted by molar-refractivity contribution is -0.119. The Balaban J connectivity index is 2.01. The van der Waals surface area contributed by atoms with E-state index in [1.54, 1.807) is 0 Å². The van der Waals surface area contributed by atoms with E-state index < -0.39 is 0 Å². The van der Waals surface area contributed by atoms with Gasteiger partial charge in [-0.1, -0.05) is 30.7 Å². The molecule has 0 saturated carbocycles. The SMILES string of the molecule is O=C1CCCCCc2ccc(cc2)CCC1. The maximum Gasteiger partial charge on any atom is 0.132 e. The molecule has 1 nitrogen and oxygen atoms in total. The van der Waals surface area contributed by atoms with E-state index in [0.29, 0.717) is 5.78 Å². The third-order valence-corrected chi connectivity index (χ3v) is 3.37. The maximum atomic E-state index is 11.5. The second-order valence-electron chi connectivity index (χ2n) is 4.77. The van der Waals surface area contributed by atoms with Crippen LogP contribution < -0.4 is 0 Å². The van der Waals surface area contributed by atoms with Crippen LogP contribution in [0.2, 0.25) is 0 Å². The molecule has 1 aromatic rings. The van der Waals surface area contributed by atoms with Crippen LogP contribution >= 0.6 is 0 Å². The third kappa shape index (κ3) is 3.48. The fraction of sp³-hybridized carbons (Fsp3) is 0.533. The Kier molecular flexibility index (Phi) is 4.15. The van der Waals surface area contributed by atoms with Crippen molar-refractivity contribution in [3.63, 3.8) is 0 Å². The average molecular weight is 216 g/mol. The minimum absolute atomic E-state index is 0.454. The normalized spacial score (nSPS) is 18.6. The molecule has 0 N–H and O–H groups in total. The minimum Gasteiger partial charge on any atom is -0.300 e. The van der Waals surface area contributed by atoms with Crippen molar-refractivity contribution >= 4 is 5.78 Å². The van der Waals surface area contributed by atoms with Crippen molar-refractivity contribution in [1.82, 2.24) is 0 Å². The van der Waals surface area contributed by atoms with Crippen molar-refractivity contribution in [3.05, 3.63) is 35.4 Å². The predicted octanol–water partition coefficient (Wildman–Crippen LogP) is 3.69. The van der Waals surface area contributed by atoms with Gasteiger partial charge in [0.25, 0.3) is 0 Å². The Hall–Kier alpha value is -1.11. The molecule has 86 valence electrons. The molecule has 3 rings (SSSR count). The summed E-state index contributed by atoms with van der Waals surface area (Å²) >= 11 is 0. The molecular formula is C15H20O. The molecule has 0 spiro atoms. The maximum absolute atomic E-state index is 11.5. The number of fused-ring (bicyclic) bond motifs is 10. The van der Waals surface area contributed by atoms with Gasteiger partial charge in [0, 0.05) is 12.8 Å². The highest BCUT2D eigenvalue weighted by Crippen LogP contribution is 2.14. The summed E-state index contributed by atoms with van der Waals surface area (Å²) in [4.78, 5) is 11.5. The fourth-order valence-corrected chi connectivity index (χ4v) is 2.32. The van der Waals surface area contributed by atoms with Crippen molar-refractivity contribution in [2.45, 2.75) is 51.4 Å². The van der Waals surface area contributed by atoms with Crippen LogP contribution in [-0.2, 0) is 17.6 Å². The van der Waals surface area contributed by atoms with E-state index in [0.717, 1.165) is 38.5 Å². The highest BCUT2D eigenvalue weighted by molar-refractivity contribution is 5.78. The second kappa shape index (κ2) is 5.83. The topological polar surface area (TPSA) is 17.1 Å². The number of hydrogen-bond donors (Lipinski definition) is 0. The molecule has 0 atom stereocenters. The first-order valence-corrected chi connectivity index (χ1v) is 6.44. The van der Waals surface area contributed by atoms with Crippen LogP contribution in [0.4, 0.5) is 0 Å². The quantitative estimate of drug-likeness (QED) is 0.646. The lowest BCUT2D eigenvalue weighted by atomic mass is 10.0. The number of ketones is 1. The molecule has 0 radical (unpaired) electrons. The average Bonchev–Trinajstić information content (AvgIpc) is 2.32. The molecule has 1 aromatic carbocycles. The zero-order valence-corrected chi connectivity index (χ0v) is 9.87. The van der Waals surface area contributed by atoms with Crippen LogP contribution in [0.25, 0.3) is 0 Å². The van der Waals surface area contributed by atoms with Gasteiger partial charge < -0.3 is 0 Å². The molecule has 2 bridgehead atoms. The highest BCUT2D eigenvalue weighted by Gasteiger charge is 2.04. The van der Waals surface area contributed by atoms with Crippen molar-refractivity contribution < 1.29 is 4.79 Å². The fourth-order valence-electron chi connectivity index (χ4n) is 2.32. The van der Waals surface area contributed by atoms with E-state index in [9.17, 15) is 4.79 Å². The number of aryl methyl sites for hydroxylation is 2. The van der Waals surface area contributed by atoms with Crippen molar-refractivity contribution in [2.75, 3.05) is 0 Å². The summed E-state index contributed by atoms with van der Waals surface area (Å²) < 4.78 is 0. The molecule has 2 aliphatic rings. The van der Waals surface area contributed by atoms with Crippen LogP contribution in [0.1, 0.15) is 49.7 Å². The molecule has 0 fully saturated rings. The molecular weight excluding hydrogens is 196 g/mol. The van der Waals surface area contributed by atoms with E-state index in [2.05, 4.69) is 24.3 Å². The summed E-state index contributed by atoms with van der Waals surface area (Å²) in [5.74, 6) is 0.454. The molecule has 0 heterocycles. The molecule has 0 aliphatic heterocycles. The van der Waals surface area contributed by atoms with Gasteiger partial charge in [-0.2, -0.15) is 0 Å². The van der Waals surface area contributed by atoms with Gasteiger partial charge in [0.1, 0.15) is 5.78 Å². The number of carbonyl (C=O) groups excluding carboxylic acids is 1. The number of benzene rings is 1. The first-order valence-electron chi connectivity index (χ1n) is 6.44. The van der Waals surface area contributed by atoms with E-state index in [1.807, 2.05) is 0 Å². The van der Waals surface area contributed by atoms with Gasteiger partial charge in [-0.3, -0.25) is 4.79 Å². The van der Waals surface area contributed by atoms with E-state index in [-0.39, 0.29) is 0 Å². The third-order valence-electron chi connectivity index (χ3n) is 3.37. The van der Waals surface area contributed by atoms with E-state index >= 15 is 0 Å². The Labute approximate surface area is 97.9 Å². The number of Topliss-reactive ketones (excluding diaryl/α,β-unsaturated/α-hetero) is 1. The van der Waals surface area contributed by atoms with Crippen LogP contribution in [0, 0.1) is 0 Å². The zero-order chi connectivity index (χ0) is 11.2. The summed E-state index contributed by atoms with van der Waals surface area (Å²) in [6.45, 7) is 0. The number of rotatable bonds is 0. The minimum atomic E-state index is 0.454. The Morgan fingerprint density at radius 1 is 0.625 bits per heavy atom. The monoisotopic (exact) mass is 216 g/mol. The summed E-state index contributed by atoms with van der Waals surface area (Å²) in [6.07, 6.45) is 8.27. The molecule has 16 heavy (non-hydrogen) atoms. The predicted molar refractivity (Wildman–Crippen MR) is 66.6 cm³/mol. The van der Waals surface area contributed by atoms with Gasteiger partial charge in [-0.15, -0.1) is 0 Å². The summed E-state index contributed by atoms with van der Waals surface area (Å²) in [5, 5.41) is 0. The van der Waals surface area contributed by atoms with Gasteiger partial charge in [0.05, 0.1) is 0 Å². The Morgan fingerprint density at radius 3 is 1.81 bits per heavy atom. The largest absolute Gasteiger partial charge is 0.300 e. The van der Waals surface area contributed by atoms with Crippen LogP contribution in [0.15, 0.2) is 24.3 Å². The lowest BCUT2D eigenvalue weighted by Crippen LogP contribution is -1.98. The molecule has 0 unspecified atom stereocenters. The van der Waals surface area contributed by atoms with Crippen LogP contribution in [0.5, 0.6) is 0 Å². The molecule has 1 heteroatoms. The first kappa shape index (κ1) is 11.4. The van der Waals surface area contributed by atoms with Crippen molar-refractivity contribution in [1.29, 1.82) is 0 Å². The van der Waals surface area contributed by atoms with E-state index in [4.69, 9.17) is 0 Å². The van der Waals surface area contributed by atoms with Crippen LogP contribution in [0.3, 0.4) is 0 Å². The lowest BCUT2D eigenvalue weighted by Gasteiger charge is -2.02. The van der Waals surface area contributed by atoms with E-state index in [1.165, 1.54) is 24.0 Å². The molecule has 2 aliphatic carbocycles. The van der Waals surface area contributed by atoms with Gasteiger partial charge in [0.2, 0.25) is 0 Å². The zero-order valence-electron chi connectivity index (χ0n) is 9.87. The van der Waals surface area contributed by atoms with Gasteiger partial charge in [-0.05, 0) is 43.2 Å². The van der Waals surface area contributed by atoms with Crippen LogP contribution in [-0.4, -0.2) is 5.78 Å². The smallest absolute Gasteiger partial charge is 0.132 e. The number of hydrogen-bond acceptors (Lipinski definition) is 1. The van der Waals surface area contributed by atoms with Gasteiger partial charge in [-0.25, -0.2) is 0 Å².